The van der Waals surface area contributed by atoms with Gasteiger partial charge in [0.05, 0.1) is 31.8 Å². The lowest BCUT2D eigenvalue weighted by Crippen LogP contribution is -2.14. The van der Waals surface area contributed by atoms with E-state index in [9.17, 15) is 10.1 Å². The summed E-state index contributed by atoms with van der Waals surface area (Å²) in [4.78, 5) is 16.8. The number of hydrogen-bond donors (Lipinski definition) is 1. The molecule has 0 fully saturated rings. The van der Waals surface area contributed by atoms with E-state index in [4.69, 9.17) is 13.9 Å². The van der Waals surface area contributed by atoms with E-state index >= 15 is 0 Å². The molecule has 0 saturated heterocycles. The number of carbonyl (C=O) groups is 1. The number of benzene rings is 1. The van der Waals surface area contributed by atoms with Crippen LogP contribution in [0.3, 0.4) is 0 Å². The molecule has 2 heterocycles. The second-order valence-electron chi connectivity index (χ2n) is 5.54. The molecular weight excluding hydrogens is 378 g/mol. The molecule has 0 radical (unpaired) electrons. The number of thioether (sulfide) groups is 1. The van der Waals surface area contributed by atoms with Crippen LogP contribution in [0.25, 0.3) is 11.5 Å². The quantitative estimate of drug-likeness (QED) is 0.605. The molecule has 0 bridgehead atoms. The normalized spacial score (nSPS) is 10.2. The third-order valence-corrected chi connectivity index (χ3v) is 4.75. The average Bonchev–Trinajstić information content (AvgIpc) is 3.26. The Labute approximate surface area is 166 Å². The van der Waals surface area contributed by atoms with Gasteiger partial charge in [0, 0.05) is 11.8 Å². The van der Waals surface area contributed by atoms with Crippen LogP contribution in [0.5, 0.6) is 11.5 Å². The molecule has 142 valence electrons. The summed E-state index contributed by atoms with van der Waals surface area (Å²) >= 11 is 1.18. The third kappa shape index (κ3) is 4.45. The van der Waals surface area contributed by atoms with Gasteiger partial charge in [0.2, 0.25) is 5.91 Å². The van der Waals surface area contributed by atoms with Gasteiger partial charge in [-0.2, -0.15) is 5.26 Å². The Morgan fingerprint density at radius 1 is 1.21 bits per heavy atom. The lowest BCUT2D eigenvalue weighted by Gasteiger charge is -2.10. The number of ether oxygens (including phenoxy) is 2. The summed E-state index contributed by atoms with van der Waals surface area (Å²) in [6.07, 6.45) is 1.55. The summed E-state index contributed by atoms with van der Waals surface area (Å²) < 4.78 is 15.7. The molecule has 3 aromatic rings. The maximum Gasteiger partial charge on any atom is 0.234 e. The first-order valence-electron chi connectivity index (χ1n) is 8.24. The average molecular weight is 395 g/mol. The van der Waals surface area contributed by atoms with E-state index in [2.05, 4.69) is 16.4 Å². The molecular formula is C20H17N3O4S. The zero-order valence-electron chi connectivity index (χ0n) is 15.3. The minimum atomic E-state index is -0.230. The van der Waals surface area contributed by atoms with Crippen molar-refractivity contribution in [2.24, 2.45) is 0 Å². The van der Waals surface area contributed by atoms with Crippen molar-refractivity contribution in [3.8, 4) is 29.0 Å². The van der Waals surface area contributed by atoms with E-state index in [1.807, 2.05) is 0 Å². The largest absolute Gasteiger partial charge is 0.493 e. The minimum Gasteiger partial charge on any atom is -0.493 e. The third-order valence-electron chi connectivity index (χ3n) is 3.76. The number of amides is 1. The predicted molar refractivity (Wildman–Crippen MR) is 106 cm³/mol. The molecule has 1 amide bonds. The van der Waals surface area contributed by atoms with E-state index in [0.29, 0.717) is 39.2 Å². The fourth-order valence-corrected chi connectivity index (χ4v) is 3.21. The van der Waals surface area contributed by atoms with Crippen LogP contribution in [0.2, 0.25) is 0 Å². The molecule has 0 spiro atoms. The van der Waals surface area contributed by atoms with Crippen molar-refractivity contribution < 1.29 is 18.7 Å². The minimum absolute atomic E-state index is 0.0949. The van der Waals surface area contributed by atoms with Crippen molar-refractivity contribution in [2.45, 2.75) is 5.03 Å². The number of pyridine rings is 1. The van der Waals surface area contributed by atoms with Crippen molar-refractivity contribution in [1.82, 2.24) is 4.98 Å². The smallest absolute Gasteiger partial charge is 0.234 e. The molecule has 8 heteroatoms. The molecule has 7 nitrogen and oxygen atoms in total. The van der Waals surface area contributed by atoms with Crippen molar-refractivity contribution >= 4 is 23.4 Å². The second-order valence-corrected chi connectivity index (χ2v) is 6.51. The Morgan fingerprint density at radius 3 is 2.71 bits per heavy atom. The van der Waals surface area contributed by atoms with Crippen molar-refractivity contribution in [3.05, 3.63) is 54.3 Å². The van der Waals surface area contributed by atoms with Crippen LogP contribution in [0.4, 0.5) is 5.69 Å². The van der Waals surface area contributed by atoms with Crippen molar-refractivity contribution in [3.63, 3.8) is 0 Å². The lowest BCUT2D eigenvalue weighted by molar-refractivity contribution is -0.113. The van der Waals surface area contributed by atoms with E-state index in [0.717, 1.165) is 0 Å². The van der Waals surface area contributed by atoms with Gasteiger partial charge in [-0.3, -0.25) is 4.79 Å². The van der Waals surface area contributed by atoms with Crippen LogP contribution < -0.4 is 14.8 Å². The maximum atomic E-state index is 12.3. The van der Waals surface area contributed by atoms with Gasteiger partial charge in [0.15, 0.2) is 17.3 Å². The highest BCUT2D eigenvalue weighted by atomic mass is 32.2. The van der Waals surface area contributed by atoms with Gasteiger partial charge in [-0.05, 0) is 36.4 Å². The van der Waals surface area contributed by atoms with Gasteiger partial charge in [-0.15, -0.1) is 0 Å². The highest BCUT2D eigenvalue weighted by Crippen LogP contribution is 2.30. The summed E-state index contributed by atoms with van der Waals surface area (Å²) in [7, 11) is 3.07. The number of furan rings is 1. The van der Waals surface area contributed by atoms with Gasteiger partial charge in [0.1, 0.15) is 16.8 Å². The molecule has 2 aromatic heterocycles. The van der Waals surface area contributed by atoms with Gasteiger partial charge >= 0.3 is 0 Å². The van der Waals surface area contributed by atoms with Crippen LogP contribution in [0, 0.1) is 11.3 Å². The first-order valence-corrected chi connectivity index (χ1v) is 9.23. The Bertz CT molecular complexity index is 1010. The van der Waals surface area contributed by atoms with Gasteiger partial charge < -0.3 is 19.2 Å². The summed E-state index contributed by atoms with van der Waals surface area (Å²) in [5, 5.41) is 12.6. The number of nitrogens with zero attached hydrogens (tertiary/aromatic N) is 2. The highest BCUT2D eigenvalue weighted by Gasteiger charge is 2.13. The van der Waals surface area contributed by atoms with Crippen molar-refractivity contribution in [1.29, 1.82) is 5.26 Å². The van der Waals surface area contributed by atoms with Crippen LogP contribution in [0.15, 0.2) is 58.2 Å². The van der Waals surface area contributed by atoms with Gasteiger partial charge in [-0.25, -0.2) is 4.98 Å². The Kier molecular flexibility index (Phi) is 6.19. The molecule has 0 aliphatic heterocycles. The van der Waals surface area contributed by atoms with E-state index in [1.54, 1.807) is 55.8 Å². The molecule has 0 atom stereocenters. The molecule has 0 unspecified atom stereocenters. The molecule has 1 N–H and O–H groups in total. The topological polar surface area (TPSA) is 97.4 Å². The molecule has 1 aromatic carbocycles. The summed E-state index contributed by atoms with van der Waals surface area (Å²) in [6, 6.07) is 14.1. The lowest BCUT2D eigenvalue weighted by atomic mass is 10.2. The molecule has 3 rings (SSSR count). The number of nitrogens with one attached hydrogen (secondary N) is 1. The number of methoxy groups -OCH3 is 2. The Hall–Kier alpha value is -3.44. The fraction of sp³-hybridized carbons (Fsp3) is 0.150. The first kappa shape index (κ1) is 19.3. The number of nitriles is 1. The van der Waals surface area contributed by atoms with Crippen molar-refractivity contribution in [2.75, 3.05) is 25.3 Å². The van der Waals surface area contributed by atoms with Crippen LogP contribution in [0.1, 0.15) is 5.56 Å². The SMILES string of the molecule is COc1ccc(NC(=O)CSc2nc(-c3ccco3)ccc2C#N)cc1OC. The number of hydrogen-bond acceptors (Lipinski definition) is 7. The number of aromatic nitrogens is 1. The highest BCUT2D eigenvalue weighted by molar-refractivity contribution is 8.00. The summed E-state index contributed by atoms with van der Waals surface area (Å²) in [5.74, 6) is 1.56. The van der Waals surface area contributed by atoms with Crippen LogP contribution in [-0.2, 0) is 4.79 Å². The summed E-state index contributed by atoms with van der Waals surface area (Å²) in [5.41, 5.74) is 1.59. The van der Waals surface area contributed by atoms with Crippen LogP contribution >= 0.6 is 11.8 Å². The zero-order valence-corrected chi connectivity index (χ0v) is 16.1. The van der Waals surface area contributed by atoms with Crippen LogP contribution in [-0.4, -0.2) is 30.9 Å². The second kappa shape index (κ2) is 8.97. The molecule has 0 aliphatic carbocycles. The Balaban J connectivity index is 1.69. The van der Waals surface area contributed by atoms with E-state index in [-0.39, 0.29) is 11.7 Å². The van der Waals surface area contributed by atoms with E-state index in [1.165, 1.54) is 18.9 Å². The molecule has 0 saturated carbocycles. The van der Waals surface area contributed by atoms with E-state index < -0.39 is 0 Å². The Morgan fingerprint density at radius 2 is 2.04 bits per heavy atom. The predicted octanol–water partition coefficient (Wildman–Crippen LogP) is 3.96. The zero-order chi connectivity index (χ0) is 19.9. The van der Waals surface area contributed by atoms with Gasteiger partial charge in [-0.1, -0.05) is 11.8 Å². The maximum absolute atomic E-state index is 12.3. The fourth-order valence-electron chi connectivity index (χ4n) is 2.44. The monoisotopic (exact) mass is 395 g/mol. The number of rotatable bonds is 7. The molecule has 0 aliphatic rings. The molecule has 28 heavy (non-hydrogen) atoms. The summed E-state index contributed by atoms with van der Waals surface area (Å²) in [6.45, 7) is 0. The number of carbonyl (C=O) groups excluding carboxylic acids is 1. The first-order chi connectivity index (χ1) is 13.6. The standard InChI is InChI=1S/C20H17N3O4S/c1-25-17-8-6-14(10-18(17)26-2)22-19(24)12-28-20-13(11-21)5-7-15(23-20)16-4-3-9-27-16/h3-10H,12H2,1-2H3,(H,22,24). The van der Waals surface area contributed by atoms with Gasteiger partial charge in [0.25, 0.3) is 0 Å². The number of anilines is 1.